The first-order valence-electron chi connectivity index (χ1n) is 6.95. The highest BCUT2D eigenvalue weighted by molar-refractivity contribution is 8.00. The van der Waals surface area contributed by atoms with Crippen molar-refractivity contribution in [3.8, 4) is 0 Å². The summed E-state index contributed by atoms with van der Waals surface area (Å²) in [6.45, 7) is 0. The Hall–Kier alpha value is -1.20. The Morgan fingerprint density at radius 2 is 1.90 bits per heavy atom. The van der Waals surface area contributed by atoms with Gasteiger partial charge in [0.05, 0.1) is 10.8 Å². The molecule has 1 aromatic rings. The van der Waals surface area contributed by atoms with Crippen LogP contribution in [-0.2, 0) is 9.59 Å². The summed E-state index contributed by atoms with van der Waals surface area (Å²) < 4.78 is 0. The van der Waals surface area contributed by atoms with Crippen LogP contribution >= 0.6 is 23.4 Å². The Kier molecular flexibility index (Phi) is 5.53. The molecule has 2 N–H and O–H groups in total. The van der Waals surface area contributed by atoms with Crippen LogP contribution in [0.5, 0.6) is 0 Å². The Bertz CT molecular complexity index is 529. The zero-order valence-corrected chi connectivity index (χ0v) is 13.2. The molecular weight excluding hydrogens is 310 g/mol. The molecule has 21 heavy (non-hydrogen) atoms. The van der Waals surface area contributed by atoms with Crippen molar-refractivity contribution in [3.63, 3.8) is 0 Å². The molecule has 1 saturated carbocycles. The van der Waals surface area contributed by atoms with Gasteiger partial charge in [-0.2, -0.15) is 0 Å². The lowest BCUT2D eigenvalue weighted by Gasteiger charge is -2.33. The number of rotatable bonds is 5. The molecule has 0 radical (unpaired) electrons. The van der Waals surface area contributed by atoms with Gasteiger partial charge in [0, 0.05) is 4.90 Å². The molecule has 0 aliphatic heterocycles. The number of carboxylic acids is 1. The molecule has 1 amide bonds. The lowest BCUT2D eigenvalue weighted by molar-refractivity contribution is -0.148. The molecule has 0 atom stereocenters. The number of carbonyl (C=O) groups excluding carboxylic acids is 1. The zero-order chi connectivity index (χ0) is 15.3. The van der Waals surface area contributed by atoms with Crippen LogP contribution in [0.2, 0.25) is 5.02 Å². The minimum Gasteiger partial charge on any atom is -0.480 e. The Morgan fingerprint density at radius 3 is 2.52 bits per heavy atom. The monoisotopic (exact) mass is 327 g/mol. The van der Waals surface area contributed by atoms with Gasteiger partial charge in [0.15, 0.2) is 0 Å². The SMILES string of the molecule is O=C(CSc1ccccc1Cl)NC1(C(=O)O)CCCCC1. The van der Waals surface area contributed by atoms with Crippen molar-refractivity contribution in [2.24, 2.45) is 0 Å². The van der Waals surface area contributed by atoms with Crippen molar-refractivity contribution in [1.82, 2.24) is 5.32 Å². The van der Waals surface area contributed by atoms with Gasteiger partial charge in [0.1, 0.15) is 5.54 Å². The maximum atomic E-state index is 12.1. The molecule has 0 bridgehead atoms. The third kappa shape index (κ3) is 4.14. The number of hydrogen-bond acceptors (Lipinski definition) is 3. The summed E-state index contributed by atoms with van der Waals surface area (Å²) in [5.41, 5.74) is -1.09. The standard InChI is InChI=1S/C15H18ClNO3S/c16-11-6-2-3-7-12(11)21-10-13(18)17-15(14(19)20)8-4-1-5-9-15/h2-3,6-7H,1,4-5,8-10H2,(H,17,18)(H,19,20). The maximum absolute atomic E-state index is 12.1. The molecular formula is C15H18ClNO3S. The minimum atomic E-state index is -1.09. The van der Waals surface area contributed by atoms with E-state index in [9.17, 15) is 14.7 Å². The van der Waals surface area contributed by atoms with Gasteiger partial charge < -0.3 is 10.4 Å². The summed E-state index contributed by atoms with van der Waals surface area (Å²) in [5.74, 6) is -1.03. The number of hydrogen-bond donors (Lipinski definition) is 2. The van der Waals surface area contributed by atoms with E-state index in [2.05, 4.69) is 5.32 Å². The Morgan fingerprint density at radius 1 is 1.24 bits per heavy atom. The van der Waals surface area contributed by atoms with Crippen LogP contribution in [0, 0.1) is 0 Å². The fourth-order valence-corrected chi connectivity index (χ4v) is 3.59. The summed E-state index contributed by atoms with van der Waals surface area (Å²) in [6.07, 6.45) is 3.71. The van der Waals surface area contributed by atoms with E-state index in [4.69, 9.17) is 11.6 Å². The summed E-state index contributed by atoms with van der Waals surface area (Å²) >= 11 is 7.35. The molecule has 2 rings (SSSR count). The average Bonchev–Trinajstić information content (AvgIpc) is 2.47. The minimum absolute atomic E-state index is 0.165. The molecule has 6 heteroatoms. The molecule has 0 heterocycles. The Balaban J connectivity index is 1.94. The summed E-state index contributed by atoms with van der Waals surface area (Å²) in [6, 6.07) is 7.29. The molecule has 4 nitrogen and oxygen atoms in total. The van der Waals surface area contributed by atoms with Crippen LogP contribution in [0.4, 0.5) is 0 Å². The normalized spacial score (nSPS) is 17.2. The van der Waals surface area contributed by atoms with Crippen molar-refractivity contribution in [2.45, 2.75) is 42.5 Å². The van der Waals surface area contributed by atoms with Gasteiger partial charge in [-0.15, -0.1) is 11.8 Å². The highest BCUT2D eigenvalue weighted by Gasteiger charge is 2.40. The lowest BCUT2D eigenvalue weighted by atomic mass is 9.81. The second-order valence-electron chi connectivity index (χ2n) is 5.22. The van der Waals surface area contributed by atoms with E-state index in [0.717, 1.165) is 24.2 Å². The first-order chi connectivity index (χ1) is 10.0. The van der Waals surface area contributed by atoms with Gasteiger partial charge in [-0.25, -0.2) is 4.79 Å². The van der Waals surface area contributed by atoms with Crippen LogP contribution in [-0.4, -0.2) is 28.3 Å². The molecule has 1 aliphatic carbocycles. The van der Waals surface area contributed by atoms with Crippen molar-refractivity contribution in [2.75, 3.05) is 5.75 Å². The molecule has 1 aliphatic rings. The van der Waals surface area contributed by atoms with Crippen molar-refractivity contribution < 1.29 is 14.7 Å². The molecule has 114 valence electrons. The quantitative estimate of drug-likeness (QED) is 0.814. The molecule has 0 saturated heterocycles. The second kappa shape index (κ2) is 7.18. The lowest BCUT2D eigenvalue weighted by Crippen LogP contribution is -2.56. The van der Waals surface area contributed by atoms with Gasteiger partial charge in [-0.3, -0.25) is 4.79 Å². The van der Waals surface area contributed by atoms with E-state index in [1.54, 1.807) is 6.07 Å². The van der Waals surface area contributed by atoms with Crippen LogP contribution in [0.3, 0.4) is 0 Å². The highest BCUT2D eigenvalue weighted by atomic mass is 35.5. The molecule has 0 spiro atoms. The van der Waals surface area contributed by atoms with Crippen molar-refractivity contribution >= 4 is 35.2 Å². The van der Waals surface area contributed by atoms with E-state index in [0.29, 0.717) is 17.9 Å². The largest absolute Gasteiger partial charge is 0.480 e. The third-order valence-corrected chi connectivity index (χ3v) is 5.21. The highest BCUT2D eigenvalue weighted by Crippen LogP contribution is 2.30. The van der Waals surface area contributed by atoms with Gasteiger partial charge >= 0.3 is 5.97 Å². The fourth-order valence-electron chi connectivity index (χ4n) is 2.56. The van der Waals surface area contributed by atoms with E-state index < -0.39 is 11.5 Å². The Labute approximate surface area is 133 Å². The molecule has 1 fully saturated rings. The van der Waals surface area contributed by atoms with Crippen LogP contribution in [0.25, 0.3) is 0 Å². The van der Waals surface area contributed by atoms with Crippen LogP contribution in [0.1, 0.15) is 32.1 Å². The van der Waals surface area contributed by atoms with E-state index in [1.165, 1.54) is 11.8 Å². The number of halogens is 1. The predicted molar refractivity (Wildman–Crippen MR) is 83.8 cm³/mol. The zero-order valence-electron chi connectivity index (χ0n) is 11.6. The summed E-state index contributed by atoms with van der Waals surface area (Å²) in [7, 11) is 0. The first-order valence-corrected chi connectivity index (χ1v) is 8.32. The maximum Gasteiger partial charge on any atom is 0.329 e. The van der Waals surface area contributed by atoms with E-state index >= 15 is 0 Å². The van der Waals surface area contributed by atoms with Crippen molar-refractivity contribution in [1.29, 1.82) is 0 Å². The van der Waals surface area contributed by atoms with Gasteiger partial charge in [0.2, 0.25) is 5.91 Å². The van der Waals surface area contributed by atoms with E-state index in [-0.39, 0.29) is 11.7 Å². The molecule has 0 unspecified atom stereocenters. The number of carbonyl (C=O) groups is 2. The number of carboxylic acid groups (broad SMARTS) is 1. The van der Waals surface area contributed by atoms with Gasteiger partial charge in [-0.05, 0) is 25.0 Å². The fraction of sp³-hybridized carbons (Fsp3) is 0.467. The van der Waals surface area contributed by atoms with Crippen LogP contribution in [0.15, 0.2) is 29.2 Å². The summed E-state index contributed by atoms with van der Waals surface area (Å²) in [4.78, 5) is 24.4. The number of nitrogens with one attached hydrogen (secondary N) is 1. The molecule has 0 aromatic heterocycles. The smallest absolute Gasteiger partial charge is 0.329 e. The second-order valence-corrected chi connectivity index (χ2v) is 6.64. The number of aliphatic carboxylic acids is 1. The number of amides is 1. The summed E-state index contributed by atoms with van der Waals surface area (Å²) in [5, 5.41) is 12.7. The molecule has 1 aromatic carbocycles. The van der Waals surface area contributed by atoms with Gasteiger partial charge in [-0.1, -0.05) is 43.0 Å². The number of benzene rings is 1. The van der Waals surface area contributed by atoms with Crippen molar-refractivity contribution in [3.05, 3.63) is 29.3 Å². The van der Waals surface area contributed by atoms with E-state index in [1.807, 2.05) is 18.2 Å². The van der Waals surface area contributed by atoms with Gasteiger partial charge in [0.25, 0.3) is 0 Å². The third-order valence-electron chi connectivity index (χ3n) is 3.69. The average molecular weight is 328 g/mol. The number of thioether (sulfide) groups is 1. The topological polar surface area (TPSA) is 66.4 Å². The first kappa shape index (κ1) is 16.2. The predicted octanol–water partition coefficient (Wildman–Crippen LogP) is 3.34. The van der Waals surface area contributed by atoms with Crippen LogP contribution < -0.4 is 5.32 Å².